The number of nitrogens with one attached hydrogen (secondary N) is 1. The van der Waals surface area contributed by atoms with Gasteiger partial charge in [0.05, 0.1) is 22.6 Å². The van der Waals surface area contributed by atoms with Gasteiger partial charge in [-0.15, -0.1) is 11.3 Å². The number of carbonyl (C=O) groups is 1. The summed E-state index contributed by atoms with van der Waals surface area (Å²) in [7, 11) is 0. The van der Waals surface area contributed by atoms with Crippen molar-refractivity contribution in [1.82, 2.24) is 9.97 Å². The molecule has 3 heterocycles. The van der Waals surface area contributed by atoms with Gasteiger partial charge in [-0.05, 0) is 19.1 Å². The van der Waals surface area contributed by atoms with Crippen LogP contribution in [0.4, 0.5) is 10.9 Å². The van der Waals surface area contributed by atoms with Crippen LogP contribution in [0.5, 0.6) is 0 Å². The van der Waals surface area contributed by atoms with Crippen LogP contribution in [0, 0.1) is 22.7 Å². The normalized spacial score (nSPS) is 11.4. The molecule has 3 N–H and O–H groups in total. The maximum atomic E-state index is 12.4. The lowest BCUT2D eigenvalue weighted by molar-refractivity contribution is -0.115. The number of thioether (sulfide) groups is 1. The molecule has 0 aromatic carbocycles. The van der Waals surface area contributed by atoms with Gasteiger partial charge in [-0.2, -0.15) is 10.5 Å². The second kappa shape index (κ2) is 7.91. The Morgan fingerprint density at radius 2 is 2.19 bits per heavy atom. The predicted molar refractivity (Wildman–Crippen MR) is 102 cm³/mol. The maximum Gasteiger partial charge on any atom is 0.239 e. The van der Waals surface area contributed by atoms with Crippen molar-refractivity contribution in [3.05, 3.63) is 41.1 Å². The van der Waals surface area contributed by atoms with Crippen LogP contribution in [0.2, 0.25) is 0 Å². The molecule has 3 aromatic heterocycles. The van der Waals surface area contributed by atoms with Crippen LogP contribution in [0.25, 0.3) is 11.3 Å². The van der Waals surface area contributed by atoms with Crippen molar-refractivity contribution in [2.75, 3.05) is 11.1 Å². The van der Waals surface area contributed by atoms with E-state index in [0.717, 1.165) is 11.8 Å². The molecule has 134 valence electrons. The molecule has 0 aliphatic carbocycles. The zero-order chi connectivity index (χ0) is 19.4. The summed E-state index contributed by atoms with van der Waals surface area (Å²) in [6, 6.07) is 7.29. The molecule has 3 rings (SSSR count). The fourth-order valence-electron chi connectivity index (χ4n) is 2.26. The summed E-state index contributed by atoms with van der Waals surface area (Å²) in [5.41, 5.74) is 6.38. The average Bonchev–Trinajstić information content (AvgIpc) is 3.35. The van der Waals surface area contributed by atoms with E-state index in [2.05, 4.69) is 21.4 Å². The third kappa shape index (κ3) is 3.77. The molecule has 0 spiro atoms. The van der Waals surface area contributed by atoms with Crippen molar-refractivity contribution in [3.63, 3.8) is 0 Å². The summed E-state index contributed by atoms with van der Waals surface area (Å²) in [6.45, 7) is 1.68. The molecule has 27 heavy (non-hydrogen) atoms. The van der Waals surface area contributed by atoms with Gasteiger partial charge in [0.15, 0.2) is 5.13 Å². The number of pyridine rings is 1. The van der Waals surface area contributed by atoms with Gasteiger partial charge in [0.25, 0.3) is 0 Å². The number of carbonyl (C=O) groups excluding carboxylic acids is 1. The Morgan fingerprint density at radius 3 is 2.78 bits per heavy atom. The first-order chi connectivity index (χ1) is 13.0. The van der Waals surface area contributed by atoms with Crippen molar-refractivity contribution in [2.45, 2.75) is 17.2 Å². The lowest BCUT2D eigenvalue weighted by atomic mass is 10.0. The number of aromatic nitrogens is 2. The molecule has 0 bridgehead atoms. The van der Waals surface area contributed by atoms with Crippen LogP contribution >= 0.6 is 23.1 Å². The first kappa shape index (κ1) is 18.5. The molecule has 1 amide bonds. The lowest BCUT2D eigenvalue weighted by Gasteiger charge is -2.14. The van der Waals surface area contributed by atoms with E-state index in [1.807, 2.05) is 6.07 Å². The van der Waals surface area contributed by atoms with E-state index in [-0.39, 0.29) is 33.4 Å². The Bertz CT molecular complexity index is 1050. The quantitative estimate of drug-likeness (QED) is 0.626. The Hall–Kier alpha value is -3.34. The number of furan rings is 1. The molecular weight excluding hydrogens is 384 g/mol. The first-order valence-electron chi connectivity index (χ1n) is 7.59. The molecule has 3 aromatic rings. The van der Waals surface area contributed by atoms with Crippen LogP contribution in [0.1, 0.15) is 18.1 Å². The summed E-state index contributed by atoms with van der Waals surface area (Å²) in [4.78, 5) is 20.5. The Kier molecular flexibility index (Phi) is 5.41. The van der Waals surface area contributed by atoms with Gasteiger partial charge in [0.2, 0.25) is 5.91 Å². The molecular formula is C17H12N6O2S2. The van der Waals surface area contributed by atoms with Crippen LogP contribution in [0.3, 0.4) is 0 Å². The molecule has 1 unspecified atom stereocenters. The Balaban J connectivity index is 1.97. The minimum atomic E-state index is -0.578. The highest BCUT2D eigenvalue weighted by Gasteiger charge is 2.25. The second-order valence-corrected chi connectivity index (χ2v) is 7.44. The zero-order valence-electron chi connectivity index (χ0n) is 14.0. The largest absolute Gasteiger partial charge is 0.464 e. The van der Waals surface area contributed by atoms with Gasteiger partial charge in [-0.3, -0.25) is 4.79 Å². The molecule has 0 fully saturated rings. The highest BCUT2D eigenvalue weighted by Crippen LogP contribution is 2.37. The topological polar surface area (TPSA) is 142 Å². The molecule has 0 saturated heterocycles. The van der Waals surface area contributed by atoms with Gasteiger partial charge in [-0.25, -0.2) is 9.97 Å². The van der Waals surface area contributed by atoms with E-state index in [0.29, 0.717) is 10.9 Å². The van der Waals surface area contributed by atoms with Crippen molar-refractivity contribution in [3.8, 4) is 23.5 Å². The summed E-state index contributed by atoms with van der Waals surface area (Å²) in [5, 5.41) is 23.7. The summed E-state index contributed by atoms with van der Waals surface area (Å²) >= 11 is 2.37. The highest BCUT2D eigenvalue weighted by molar-refractivity contribution is 8.00. The summed E-state index contributed by atoms with van der Waals surface area (Å²) < 4.78 is 5.36. The van der Waals surface area contributed by atoms with Crippen molar-refractivity contribution in [2.24, 2.45) is 0 Å². The number of rotatable bonds is 5. The SMILES string of the molecule is CC(Sc1nc(N)c(C#N)c(-c2ccco2)c1C#N)C(=O)Nc1nccs1. The minimum absolute atomic E-state index is 0.0297. The van der Waals surface area contributed by atoms with Crippen LogP contribution < -0.4 is 11.1 Å². The van der Waals surface area contributed by atoms with Crippen LogP contribution in [0.15, 0.2) is 39.4 Å². The van der Waals surface area contributed by atoms with Crippen molar-refractivity contribution < 1.29 is 9.21 Å². The second-order valence-electron chi connectivity index (χ2n) is 5.21. The van der Waals surface area contributed by atoms with Crippen molar-refractivity contribution in [1.29, 1.82) is 10.5 Å². The number of hydrogen-bond acceptors (Lipinski definition) is 9. The van der Waals surface area contributed by atoms with Gasteiger partial charge in [0.1, 0.15) is 34.3 Å². The third-order valence-corrected chi connectivity index (χ3v) is 5.28. The zero-order valence-corrected chi connectivity index (χ0v) is 15.6. The number of anilines is 2. The number of nitrogens with zero attached hydrogens (tertiary/aromatic N) is 4. The molecule has 8 nitrogen and oxygen atoms in total. The number of nitrogen functional groups attached to an aromatic ring is 1. The van der Waals surface area contributed by atoms with Gasteiger partial charge < -0.3 is 15.5 Å². The summed E-state index contributed by atoms with van der Waals surface area (Å²) in [6.07, 6.45) is 3.02. The Morgan fingerprint density at radius 1 is 1.41 bits per heavy atom. The first-order valence-corrected chi connectivity index (χ1v) is 9.35. The fraction of sp³-hybridized carbons (Fsp3) is 0.118. The number of nitriles is 2. The molecule has 0 saturated carbocycles. The van der Waals surface area contributed by atoms with Gasteiger partial charge in [-0.1, -0.05) is 11.8 Å². The Labute approximate surface area is 162 Å². The lowest BCUT2D eigenvalue weighted by Crippen LogP contribution is -2.22. The monoisotopic (exact) mass is 396 g/mol. The van der Waals surface area contributed by atoms with Crippen molar-refractivity contribution >= 4 is 40.0 Å². The highest BCUT2D eigenvalue weighted by atomic mass is 32.2. The fourth-order valence-corrected chi connectivity index (χ4v) is 3.71. The van der Waals surface area contributed by atoms with Gasteiger partial charge in [0, 0.05) is 11.6 Å². The minimum Gasteiger partial charge on any atom is -0.464 e. The number of thiazole rings is 1. The van der Waals surface area contributed by atoms with E-state index >= 15 is 0 Å². The van der Waals surface area contributed by atoms with E-state index < -0.39 is 5.25 Å². The molecule has 0 aliphatic heterocycles. The van der Waals surface area contributed by atoms with E-state index in [1.165, 1.54) is 17.6 Å². The van der Waals surface area contributed by atoms with E-state index in [4.69, 9.17) is 10.2 Å². The molecule has 10 heteroatoms. The van der Waals surface area contributed by atoms with E-state index in [1.54, 1.807) is 30.6 Å². The van der Waals surface area contributed by atoms with Gasteiger partial charge >= 0.3 is 0 Å². The third-order valence-electron chi connectivity index (χ3n) is 3.50. The average molecular weight is 396 g/mol. The number of nitrogens with two attached hydrogens (primary N) is 1. The number of amides is 1. The van der Waals surface area contributed by atoms with Crippen LogP contribution in [-0.2, 0) is 4.79 Å². The maximum absolute atomic E-state index is 12.4. The van der Waals surface area contributed by atoms with E-state index in [9.17, 15) is 15.3 Å². The smallest absolute Gasteiger partial charge is 0.239 e. The standard InChI is InChI=1S/C17H12N6O2S2/c1-9(15(24)23-17-21-4-6-26-17)27-16-11(8-19)13(12-3-2-5-25-12)10(7-18)14(20)22-16/h2-6,9H,1H3,(H2,20,22)(H,21,23,24). The number of hydrogen-bond donors (Lipinski definition) is 2. The molecule has 0 radical (unpaired) electrons. The molecule has 1 atom stereocenters. The summed E-state index contributed by atoms with van der Waals surface area (Å²) in [5.74, 6) is 0.0139. The molecule has 0 aliphatic rings. The van der Waals surface area contributed by atoms with Crippen LogP contribution in [-0.4, -0.2) is 21.1 Å². The predicted octanol–water partition coefficient (Wildman–Crippen LogP) is 3.24.